The molecule has 0 aliphatic heterocycles. The minimum atomic E-state index is -0.165. The fourth-order valence-electron chi connectivity index (χ4n) is 5.48. The predicted molar refractivity (Wildman–Crippen MR) is 180 cm³/mol. The Morgan fingerprint density at radius 2 is 0.463 bits per heavy atom. The maximum atomic E-state index is 10.7. The van der Waals surface area contributed by atoms with Gasteiger partial charge in [-0.2, -0.15) is 0 Å². The average Bonchev–Trinajstić information content (AvgIpc) is 2.94. The lowest BCUT2D eigenvalue weighted by molar-refractivity contribution is -0.119. The van der Waals surface area contributed by atoms with Crippen LogP contribution in [-0.4, -0.2) is 11.8 Å². The highest BCUT2D eigenvalue weighted by Gasteiger charge is 1.97. The van der Waals surface area contributed by atoms with Crippen LogP contribution in [0.3, 0.4) is 0 Å². The van der Waals surface area contributed by atoms with Gasteiger partial charge in [0, 0.05) is 12.8 Å². The zero-order chi connectivity index (χ0) is 29.9. The molecule has 4 nitrogen and oxygen atoms in total. The van der Waals surface area contributed by atoms with Gasteiger partial charge in [0.25, 0.3) is 0 Å². The fraction of sp³-hybridized carbons (Fsp3) is 0.838. The molecule has 0 atom stereocenters. The molecule has 41 heavy (non-hydrogen) atoms. The molecule has 0 unspecified atom stereocenters. The molecule has 240 valence electrons. The highest BCUT2D eigenvalue weighted by atomic mass is 16.1. The van der Waals surface area contributed by atoms with Gasteiger partial charge in [-0.25, -0.2) is 0 Å². The smallest absolute Gasteiger partial charge is 0.217 e. The largest absolute Gasteiger partial charge is 0.370 e. The molecule has 0 saturated carbocycles. The summed E-state index contributed by atoms with van der Waals surface area (Å²) in [6.45, 7) is 0. The number of primary amides is 2. The molecule has 0 rings (SSSR count). The first-order chi connectivity index (χ1) is 20.1. The number of nitrogens with two attached hydrogens (primary N) is 2. The molecule has 0 aliphatic carbocycles. The van der Waals surface area contributed by atoms with E-state index in [-0.39, 0.29) is 11.8 Å². The van der Waals surface area contributed by atoms with Gasteiger partial charge in [-0.1, -0.05) is 146 Å². The number of carbonyl (C=O) groups is 2. The molecular formula is C37H70N2O2. The lowest BCUT2D eigenvalue weighted by Gasteiger charge is -2.03. The molecule has 0 bridgehead atoms. The molecule has 4 heteroatoms. The van der Waals surface area contributed by atoms with E-state index >= 15 is 0 Å². The van der Waals surface area contributed by atoms with Gasteiger partial charge in [0.2, 0.25) is 11.8 Å². The van der Waals surface area contributed by atoms with Gasteiger partial charge in [-0.3, -0.25) is 9.59 Å². The van der Waals surface area contributed by atoms with Crippen LogP contribution in [0.1, 0.15) is 199 Å². The molecule has 0 radical (unpaired) electrons. The Balaban J connectivity index is 3.13. The molecule has 0 aliphatic rings. The fourth-order valence-corrected chi connectivity index (χ4v) is 5.48. The van der Waals surface area contributed by atoms with Crippen molar-refractivity contribution in [1.82, 2.24) is 0 Å². The molecule has 0 fully saturated rings. The van der Waals surface area contributed by atoms with Gasteiger partial charge in [0.15, 0.2) is 0 Å². The summed E-state index contributed by atoms with van der Waals surface area (Å²) in [5, 5.41) is 0. The van der Waals surface area contributed by atoms with Crippen molar-refractivity contribution >= 4 is 11.8 Å². The first-order valence-corrected chi connectivity index (χ1v) is 18.0. The Morgan fingerprint density at radius 1 is 0.293 bits per heavy atom. The second-order valence-electron chi connectivity index (χ2n) is 12.4. The Bertz CT molecular complexity index is 562. The second kappa shape index (κ2) is 34.6. The second-order valence-corrected chi connectivity index (χ2v) is 12.4. The van der Waals surface area contributed by atoms with E-state index in [0.717, 1.165) is 25.7 Å². The van der Waals surface area contributed by atoms with Crippen molar-refractivity contribution in [3.8, 4) is 0 Å². The average molecular weight is 575 g/mol. The van der Waals surface area contributed by atoms with E-state index in [2.05, 4.69) is 24.3 Å². The summed E-state index contributed by atoms with van der Waals surface area (Å²) in [5.41, 5.74) is 10.3. The molecular weight excluding hydrogens is 504 g/mol. The third kappa shape index (κ3) is 38.4. The molecule has 0 aromatic carbocycles. The van der Waals surface area contributed by atoms with Crippen LogP contribution in [0.25, 0.3) is 0 Å². The summed E-state index contributed by atoms with van der Waals surface area (Å²) in [4.78, 5) is 21.4. The van der Waals surface area contributed by atoms with Gasteiger partial charge >= 0.3 is 0 Å². The number of hydrogen-bond donors (Lipinski definition) is 2. The van der Waals surface area contributed by atoms with Gasteiger partial charge in [0.1, 0.15) is 0 Å². The standard InChI is InChI=1S/C37H70N2O2/c38-36(40)34-32-30-28-26-24-22-20-18-16-14-12-10-8-6-4-2-1-3-5-7-9-11-13-15-17-19-21-23-25-27-29-31-33-35-37(39)41/h18-21H,1-17,22-35H2,(H2,38,40)(H2,39,41)/b20-18+,21-19+. The van der Waals surface area contributed by atoms with E-state index in [0.29, 0.717) is 12.8 Å². The third-order valence-electron chi connectivity index (χ3n) is 8.16. The van der Waals surface area contributed by atoms with Gasteiger partial charge in [-0.15, -0.1) is 0 Å². The molecule has 0 aromatic heterocycles. The number of carbonyl (C=O) groups excluding carboxylic acids is 2. The summed E-state index contributed by atoms with van der Waals surface area (Å²) in [6, 6.07) is 0. The van der Waals surface area contributed by atoms with Crippen molar-refractivity contribution < 1.29 is 9.59 Å². The van der Waals surface area contributed by atoms with E-state index in [9.17, 15) is 9.59 Å². The number of hydrogen-bond acceptors (Lipinski definition) is 2. The van der Waals surface area contributed by atoms with Gasteiger partial charge in [-0.05, 0) is 64.2 Å². The van der Waals surface area contributed by atoms with Crippen LogP contribution in [0.15, 0.2) is 24.3 Å². The molecule has 0 saturated heterocycles. The van der Waals surface area contributed by atoms with Crippen molar-refractivity contribution in [3.63, 3.8) is 0 Å². The molecule has 2 amide bonds. The highest BCUT2D eigenvalue weighted by Crippen LogP contribution is 2.15. The van der Waals surface area contributed by atoms with E-state index in [1.54, 1.807) is 0 Å². The lowest BCUT2D eigenvalue weighted by Crippen LogP contribution is -2.09. The van der Waals surface area contributed by atoms with E-state index in [1.165, 1.54) is 161 Å². The highest BCUT2D eigenvalue weighted by molar-refractivity contribution is 5.73. The summed E-state index contributed by atoms with van der Waals surface area (Å²) in [6.07, 6.45) is 48.5. The third-order valence-corrected chi connectivity index (χ3v) is 8.16. The van der Waals surface area contributed by atoms with Gasteiger partial charge < -0.3 is 11.5 Å². The predicted octanol–water partition coefficient (Wildman–Crippen LogP) is 11.2. The monoisotopic (exact) mass is 575 g/mol. The van der Waals surface area contributed by atoms with Crippen LogP contribution in [0, 0.1) is 0 Å². The van der Waals surface area contributed by atoms with Crippen LogP contribution in [0.2, 0.25) is 0 Å². The van der Waals surface area contributed by atoms with Crippen molar-refractivity contribution in [2.45, 2.75) is 199 Å². The Morgan fingerprint density at radius 3 is 0.659 bits per heavy atom. The van der Waals surface area contributed by atoms with Crippen molar-refractivity contribution in [1.29, 1.82) is 0 Å². The summed E-state index contributed by atoms with van der Waals surface area (Å²) >= 11 is 0. The summed E-state index contributed by atoms with van der Waals surface area (Å²) in [5.74, 6) is -0.330. The van der Waals surface area contributed by atoms with Gasteiger partial charge in [0.05, 0.1) is 0 Å². The van der Waals surface area contributed by atoms with E-state index in [1.807, 2.05) is 0 Å². The molecule has 0 heterocycles. The molecule has 4 N–H and O–H groups in total. The minimum absolute atomic E-state index is 0.165. The zero-order valence-electron chi connectivity index (χ0n) is 27.2. The quantitative estimate of drug-likeness (QED) is 0.0591. The topological polar surface area (TPSA) is 86.2 Å². The first kappa shape index (κ1) is 39.4. The van der Waals surface area contributed by atoms with Crippen LogP contribution in [-0.2, 0) is 9.59 Å². The number of allylic oxidation sites excluding steroid dienone is 4. The summed E-state index contributed by atoms with van der Waals surface area (Å²) < 4.78 is 0. The van der Waals surface area contributed by atoms with Crippen LogP contribution in [0.4, 0.5) is 0 Å². The minimum Gasteiger partial charge on any atom is -0.370 e. The molecule has 0 aromatic rings. The maximum Gasteiger partial charge on any atom is 0.217 e. The summed E-state index contributed by atoms with van der Waals surface area (Å²) in [7, 11) is 0. The Labute approximate surface area is 256 Å². The maximum absolute atomic E-state index is 10.7. The van der Waals surface area contributed by atoms with E-state index in [4.69, 9.17) is 11.5 Å². The Kier molecular flexibility index (Phi) is 33.3. The van der Waals surface area contributed by atoms with Crippen molar-refractivity contribution in [2.75, 3.05) is 0 Å². The number of amides is 2. The van der Waals surface area contributed by atoms with Crippen LogP contribution in [0.5, 0.6) is 0 Å². The van der Waals surface area contributed by atoms with Crippen molar-refractivity contribution in [2.24, 2.45) is 11.5 Å². The normalized spacial score (nSPS) is 11.7. The lowest BCUT2D eigenvalue weighted by atomic mass is 10.0. The number of rotatable bonds is 34. The SMILES string of the molecule is NC(=O)CCCCCCC/C=C/CCCCCCCCCCCCCCCCC/C=C/CCCCCCCC(N)=O. The first-order valence-electron chi connectivity index (χ1n) is 18.0. The van der Waals surface area contributed by atoms with E-state index < -0.39 is 0 Å². The van der Waals surface area contributed by atoms with Crippen LogP contribution >= 0.6 is 0 Å². The van der Waals surface area contributed by atoms with Crippen LogP contribution < -0.4 is 11.5 Å². The number of unbranched alkanes of at least 4 members (excludes halogenated alkanes) is 26. The molecule has 0 spiro atoms. The van der Waals surface area contributed by atoms with Crippen molar-refractivity contribution in [3.05, 3.63) is 24.3 Å². The zero-order valence-corrected chi connectivity index (χ0v) is 27.2. The Hall–Kier alpha value is -1.58.